The Morgan fingerprint density at radius 1 is 0.955 bits per heavy atom. The average molecular weight is 297 g/mol. The fraction of sp³-hybridized carbons (Fsp3) is 0.222. The van der Waals surface area contributed by atoms with Gasteiger partial charge < -0.3 is 10.1 Å². The minimum atomic E-state index is -0.381. The van der Waals surface area contributed by atoms with Gasteiger partial charge in [-0.25, -0.2) is 4.79 Å². The van der Waals surface area contributed by atoms with Gasteiger partial charge in [-0.3, -0.25) is 4.79 Å². The number of ether oxygens (including phenoxy) is 1. The van der Waals surface area contributed by atoms with E-state index in [9.17, 15) is 9.59 Å². The molecule has 0 aliphatic rings. The van der Waals surface area contributed by atoms with Crippen LogP contribution in [0.2, 0.25) is 0 Å². The van der Waals surface area contributed by atoms with Crippen LogP contribution in [0.25, 0.3) is 0 Å². The Labute approximate surface area is 130 Å². The molecule has 0 aromatic heterocycles. The molecule has 0 aliphatic heterocycles. The van der Waals surface area contributed by atoms with E-state index in [1.54, 1.807) is 36.4 Å². The number of benzene rings is 2. The van der Waals surface area contributed by atoms with Gasteiger partial charge in [0.2, 0.25) is 0 Å². The van der Waals surface area contributed by atoms with Gasteiger partial charge in [0.1, 0.15) is 6.61 Å². The normalized spacial score (nSPS) is 11.5. The highest BCUT2D eigenvalue weighted by atomic mass is 16.5. The average Bonchev–Trinajstić information content (AvgIpc) is 2.59. The van der Waals surface area contributed by atoms with Gasteiger partial charge in [-0.2, -0.15) is 0 Å². The zero-order valence-corrected chi connectivity index (χ0v) is 12.5. The lowest BCUT2D eigenvalue weighted by atomic mass is 10.2. The molecule has 1 N–H and O–H groups in total. The van der Waals surface area contributed by atoms with Gasteiger partial charge in [-0.15, -0.1) is 0 Å². The summed E-state index contributed by atoms with van der Waals surface area (Å²) in [6, 6.07) is 17.6. The largest absolute Gasteiger partial charge is 0.460 e. The third-order valence-corrected chi connectivity index (χ3v) is 3.29. The molecule has 0 heterocycles. The predicted molar refractivity (Wildman–Crippen MR) is 84.7 cm³/mol. The molecule has 4 nitrogen and oxygen atoms in total. The van der Waals surface area contributed by atoms with Crippen molar-refractivity contribution in [3.8, 4) is 0 Å². The number of amides is 1. The van der Waals surface area contributed by atoms with E-state index in [0.29, 0.717) is 17.5 Å². The fourth-order valence-electron chi connectivity index (χ4n) is 1.95. The first-order valence-electron chi connectivity index (χ1n) is 7.28. The van der Waals surface area contributed by atoms with Gasteiger partial charge in [0.25, 0.3) is 5.91 Å². The van der Waals surface area contributed by atoms with Gasteiger partial charge in [-0.05, 0) is 30.7 Å². The minimum Gasteiger partial charge on any atom is -0.460 e. The van der Waals surface area contributed by atoms with E-state index < -0.39 is 0 Å². The van der Waals surface area contributed by atoms with Crippen molar-refractivity contribution < 1.29 is 14.3 Å². The smallest absolute Gasteiger partial charge is 0.338 e. The molecule has 2 rings (SSSR count). The van der Waals surface area contributed by atoms with Crippen LogP contribution in [0.15, 0.2) is 60.7 Å². The summed E-state index contributed by atoms with van der Waals surface area (Å²) in [6.07, 6.45) is 0.681. The molecular weight excluding hydrogens is 278 g/mol. The van der Waals surface area contributed by atoms with Crippen molar-refractivity contribution in [2.75, 3.05) is 6.61 Å². The van der Waals surface area contributed by atoms with Crippen LogP contribution in [-0.2, 0) is 4.74 Å². The molecule has 2 aromatic rings. The molecule has 1 unspecified atom stereocenters. The molecule has 1 atom stereocenters. The summed E-state index contributed by atoms with van der Waals surface area (Å²) in [7, 11) is 0. The number of esters is 1. The van der Waals surface area contributed by atoms with E-state index in [1.165, 1.54) is 0 Å². The predicted octanol–water partition coefficient (Wildman–Crippen LogP) is 3.05. The second-order valence-corrected chi connectivity index (χ2v) is 4.91. The molecule has 2 aromatic carbocycles. The number of nitrogens with one attached hydrogen (secondary N) is 1. The third kappa shape index (κ3) is 4.45. The maximum atomic E-state index is 12.1. The zero-order valence-electron chi connectivity index (χ0n) is 12.5. The lowest BCUT2D eigenvalue weighted by Gasteiger charge is -2.17. The van der Waals surface area contributed by atoms with Crippen molar-refractivity contribution in [2.24, 2.45) is 0 Å². The molecule has 114 valence electrons. The molecule has 4 heteroatoms. The summed E-state index contributed by atoms with van der Waals surface area (Å²) >= 11 is 0. The van der Waals surface area contributed by atoms with Crippen LogP contribution >= 0.6 is 0 Å². The highest BCUT2D eigenvalue weighted by Crippen LogP contribution is 2.04. The first-order chi connectivity index (χ1) is 10.7. The van der Waals surface area contributed by atoms with E-state index in [2.05, 4.69) is 5.32 Å². The third-order valence-electron chi connectivity index (χ3n) is 3.29. The fourth-order valence-corrected chi connectivity index (χ4v) is 1.95. The van der Waals surface area contributed by atoms with Crippen molar-refractivity contribution in [1.82, 2.24) is 5.32 Å². The summed E-state index contributed by atoms with van der Waals surface area (Å²) < 4.78 is 5.26. The van der Waals surface area contributed by atoms with Crippen LogP contribution in [0.4, 0.5) is 0 Å². The van der Waals surface area contributed by atoms with E-state index in [0.717, 1.165) is 0 Å². The number of rotatable bonds is 6. The first kappa shape index (κ1) is 15.8. The Kier molecular flexibility index (Phi) is 5.72. The maximum absolute atomic E-state index is 12.1. The van der Waals surface area contributed by atoms with Gasteiger partial charge in [0.05, 0.1) is 11.6 Å². The minimum absolute atomic E-state index is 0.156. The van der Waals surface area contributed by atoms with Crippen LogP contribution in [0.1, 0.15) is 34.1 Å². The van der Waals surface area contributed by atoms with Crippen molar-refractivity contribution >= 4 is 11.9 Å². The van der Waals surface area contributed by atoms with E-state index in [1.807, 2.05) is 31.2 Å². The van der Waals surface area contributed by atoms with Crippen molar-refractivity contribution in [2.45, 2.75) is 19.4 Å². The topological polar surface area (TPSA) is 55.4 Å². The van der Waals surface area contributed by atoms with Crippen LogP contribution in [0, 0.1) is 0 Å². The second-order valence-electron chi connectivity index (χ2n) is 4.91. The van der Waals surface area contributed by atoms with E-state index in [4.69, 9.17) is 4.74 Å². The molecule has 0 bridgehead atoms. The Balaban J connectivity index is 1.87. The van der Waals surface area contributed by atoms with Gasteiger partial charge in [0.15, 0.2) is 0 Å². The van der Waals surface area contributed by atoms with Crippen LogP contribution in [-0.4, -0.2) is 24.5 Å². The Bertz CT molecular complexity index is 611. The summed E-state index contributed by atoms with van der Waals surface area (Å²) in [6.45, 7) is 2.09. The molecule has 0 saturated carbocycles. The molecule has 0 spiro atoms. The van der Waals surface area contributed by atoms with E-state index in [-0.39, 0.29) is 24.5 Å². The first-order valence-corrected chi connectivity index (χ1v) is 7.28. The molecule has 22 heavy (non-hydrogen) atoms. The summed E-state index contributed by atoms with van der Waals surface area (Å²) in [4.78, 5) is 24.0. The Hall–Kier alpha value is -2.62. The van der Waals surface area contributed by atoms with Crippen LogP contribution in [0.3, 0.4) is 0 Å². The molecule has 1 amide bonds. The quantitative estimate of drug-likeness (QED) is 0.834. The van der Waals surface area contributed by atoms with E-state index >= 15 is 0 Å². The van der Waals surface area contributed by atoms with Gasteiger partial charge in [0, 0.05) is 5.56 Å². The number of hydrogen-bond acceptors (Lipinski definition) is 3. The maximum Gasteiger partial charge on any atom is 0.338 e. The Morgan fingerprint density at radius 2 is 1.50 bits per heavy atom. The SMILES string of the molecule is CCC(COC(=O)c1ccccc1)NC(=O)c1ccccc1. The number of carbonyl (C=O) groups excluding carboxylic acids is 2. The molecule has 0 aliphatic carbocycles. The van der Waals surface area contributed by atoms with Crippen molar-refractivity contribution in [3.05, 3.63) is 71.8 Å². The van der Waals surface area contributed by atoms with Crippen molar-refractivity contribution in [1.29, 1.82) is 0 Å². The summed E-state index contributed by atoms with van der Waals surface area (Å²) in [5.41, 5.74) is 1.10. The number of carbonyl (C=O) groups is 2. The lowest BCUT2D eigenvalue weighted by Crippen LogP contribution is -2.38. The lowest BCUT2D eigenvalue weighted by molar-refractivity contribution is 0.0454. The van der Waals surface area contributed by atoms with Crippen LogP contribution < -0.4 is 5.32 Å². The highest BCUT2D eigenvalue weighted by molar-refractivity contribution is 5.94. The second kappa shape index (κ2) is 7.98. The van der Waals surface area contributed by atoms with Gasteiger partial charge in [-0.1, -0.05) is 43.3 Å². The Morgan fingerprint density at radius 3 is 2.05 bits per heavy atom. The highest BCUT2D eigenvalue weighted by Gasteiger charge is 2.15. The number of hydrogen-bond donors (Lipinski definition) is 1. The van der Waals surface area contributed by atoms with Crippen LogP contribution in [0.5, 0.6) is 0 Å². The molecule has 0 radical (unpaired) electrons. The summed E-state index contributed by atoms with van der Waals surface area (Å²) in [5.74, 6) is -0.545. The van der Waals surface area contributed by atoms with Crippen molar-refractivity contribution in [3.63, 3.8) is 0 Å². The standard InChI is InChI=1S/C18H19NO3/c1-2-16(19-17(20)14-9-5-3-6-10-14)13-22-18(21)15-11-7-4-8-12-15/h3-12,16H,2,13H2,1H3,(H,19,20). The molecule has 0 fully saturated rings. The molecule has 0 saturated heterocycles. The zero-order chi connectivity index (χ0) is 15.8. The van der Waals surface area contributed by atoms with Gasteiger partial charge >= 0.3 is 5.97 Å². The monoisotopic (exact) mass is 297 g/mol. The molecular formula is C18H19NO3. The summed E-state index contributed by atoms with van der Waals surface area (Å²) in [5, 5.41) is 2.87.